The molecule has 0 saturated heterocycles. The average Bonchev–Trinajstić information content (AvgIpc) is 2.92. The summed E-state index contributed by atoms with van der Waals surface area (Å²) in [5, 5.41) is 17.3. The molecule has 0 aliphatic carbocycles. The van der Waals surface area contributed by atoms with E-state index in [2.05, 4.69) is 26.0 Å². The number of unbranched alkanes of at least 4 members (excludes halogenated alkanes) is 1. The van der Waals surface area contributed by atoms with Gasteiger partial charge >= 0.3 is 5.69 Å². The molecule has 0 bridgehead atoms. The average molecular weight is 614 g/mol. The van der Waals surface area contributed by atoms with Crippen LogP contribution in [0.3, 0.4) is 0 Å². The third kappa shape index (κ3) is 6.63. The van der Waals surface area contributed by atoms with Crippen molar-refractivity contribution in [2.75, 3.05) is 6.61 Å². The van der Waals surface area contributed by atoms with Gasteiger partial charge in [0.25, 0.3) is 5.56 Å². The van der Waals surface area contributed by atoms with E-state index in [0.717, 1.165) is 17.3 Å². The second kappa shape index (κ2) is 12.9. The van der Waals surface area contributed by atoms with E-state index in [4.69, 9.17) is 21.1 Å². The lowest BCUT2D eigenvalue weighted by Crippen LogP contribution is -2.22. The molecule has 0 atom stereocenters. The number of fused-ring (bicyclic) bond motifs is 1. The summed E-state index contributed by atoms with van der Waals surface area (Å²) in [6.07, 6.45) is 3.67. The number of hydrogen-bond acceptors (Lipinski definition) is 7. The molecule has 202 valence electrons. The number of rotatable bonds is 11. The monoisotopic (exact) mass is 612 g/mol. The molecule has 11 heteroatoms. The maximum Gasteiger partial charge on any atom is 0.315 e. The van der Waals surface area contributed by atoms with Crippen molar-refractivity contribution < 1.29 is 14.4 Å². The van der Waals surface area contributed by atoms with Crippen LogP contribution in [0, 0.1) is 10.1 Å². The number of halogens is 2. The molecule has 9 nitrogen and oxygen atoms in total. The minimum atomic E-state index is -0.546. The number of hydrogen-bond donors (Lipinski definition) is 0. The quantitative estimate of drug-likeness (QED) is 0.103. The van der Waals surface area contributed by atoms with Crippen LogP contribution in [0.25, 0.3) is 10.9 Å². The molecule has 0 aliphatic heterocycles. The molecule has 0 amide bonds. The van der Waals surface area contributed by atoms with Crippen LogP contribution >= 0.6 is 27.5 Å². The van der Waals surface area contributed by atoms with E-state index >= 15 is 0 Å². The first kappa shape index (κ1) is 28.3. The van der Waals surface area contributed by atoms with E-state index in [0.29, 0.717) is 39.3 Å². The summed E-state index contributed by atoms with van der Waals surface area (Å²) in [7, 11) is 0. The molecular formula is C28H26BrClN4O5. The zero-order valence-electron chi connectivity index (χ0n) is 21.4. The molecule has 0 saturated carbocycles. The summed E-state index contributed by atoms with van der Waals surface area (Å²) in [5.74, 6) is 0.670. The number of aromatic nitrogens is 2. The molecular weight excluding hydrogens is 588 g/mol. The van der Waals surface area contributed by atoms with Crippen LogP contribution in [-0.4, -0.2) is 27.4 Å². The van der Waals surface area contributed by atoms with Crippen LogP contribution in [0.2, 0.25) is 5.02 Å². The first-order valence-electron chi connectivity index (χ1n) is 12.4. The predicted octanol–water partition coefficient (Wildman–Crippen LogP) is 6.92. The van der Waals surface area contributed by atoms with Crippen molar-refractivity contribution in [3.63, 3.8) is 0 Å². The largest absolute Gasteiger partial charge is 0.490 e. The third-order valence-electron chi connectivity index (χ3n) is 5.84. The minimum absolute atomic E-state index is 0.0164. The highest BCUT2D eigenvalue weighted by Gasteiger charge is 2.23. The van der Waals surface area contributed by atoms with Gasteiger partial charge in [-0.25, -0.2) is 4.98 Å². The number of benzene rings is 3. The first-order valence-corrected chi connectivity index (χ1v) is 13.6. The fourth-order valence-corrected chi connectivity index (χ4v) is 4.48. The predicted molar refractivity (Wildman–Crippen MR) is 155 cm³/mol. The smallest absolute Gasteiger partial charge is 0.315 e. The van der Waals surface area contributed by atoms with E-state index in [9.17, 15) is 14.9 Å². The number of nitro benzene ring substituents is 1. The zero-order chi connectivity index (χ0) is 27.9. The second-order valence-electron chi connectivity index (χ2n) is 8.59. The van der Waals surface area contributed by atoms with Crippen LogP contribution in [0.15, 0.2) is 69.0 Å². The van der Waals surface area contributed by atoms with Gasteiger partial charge in [0.1, 0.15) is 12.4 Å². The Labute approximate surface area is 238 Å². The van der Waals surface area contributed by atoms with Gasteiger partial charge < -0.3 is 9.47 Å². The van der Waals surface area contributed by atoms with Gasteiger partial charge in [-0.1, -0.05) is 59.1 Å². The number of aryl methyl sites for hydroxylation is 1. The Morgan fingerprint density at radius 1 is 1.15 bits per heavy atom. The Morgan fingerprint density at radius 3 is 2.67 bits per heavy atom. The Morgan fingerprint density at radius 2 is 1.95 bits per heavy atom. The Balaban J connectivity index is 1.77. The molecule has 39 heavy (non-hydrogen) atoms. The summed E-state index contributed by atoms with van der Waals surface area (Å²) >= 11 is 9.62. The number of ether oxygens (including phenoxy) is 2. The van der Waals surface area contributed by atoms with Crippen molar-refractivity contribution in [1.29, 1.82) is 0 Å². The Kier molecular flexibility index (Phi) is 9.32. The molecule has 0 radical (unpaired) electrons. The lowest BCUT2D eigenvalue weighted by atomic mass is 10.1. The second-order valence-corrected chi connectivity index (χ2v) is 9.91. The first-order chi connectivity index (χ1) is 18.8. The summed E-state index contributed by atoms with van der Waals surface area (Å²) in [4.78, 5) is 29.5. The van der Waals surface area contributed by atoms with E-state index in [1.54, 1.807) is 49.4 Å². The standard InChI is InChI=1S/C28H26BrClN4O5/c1-3-5-10-26-32-23-12-11-20(29)15-21(23)28(35)33(26)31-16-18-13-24(34(36)37)27(25(14-18)38-4-2)39-17-19-8-6-7-9-22(19)30/h6-9,11-16H,3-5,10,17H2,1-2H3. The van der Waals surface area contributed by atoms with E-state index < -0.39 is 4.92 Å². The summed E-state index contributed by atoms with van der Waals surface area (Å²) < 4.78 is 13.5. The van der Waals surface area contributed by atoms with Gasteiger partial charge in [0.15, 0.2) is 5.75 Å². The maximum absolute atomic E-state index is 13.4. The summed E-state index contributed by atoms with van der Waals surface area (Å²) in [5.41, 5.74) is 0.986. The van der Waals surface area contributed by atoms with E-state index in [1.165, 1.54) is 17.0 Å². The minimum Gasteiger partial charge on any atom is -0.490 e. The van der Waals surface area contributed by atoms with Crippen molar-refractivity contribution in [3.8, 4) is 11.5 Å². The fraction of sp³-hybridized carbons (Fsp3) is 0.250. The van der Waals surface area contributed by atoms with Crippen molar-refractivity contribution in [1.82, 2.24) is 9.66 Å². The van der Waals surface area contributed by atoms with Crippen molar-refractivity contribution in [2.24, 2.45) is 5.10 Å². The highest BCUT2D eigenvalue weighted by atomic mass is 79.9. The summed E-state index contributed by atoms with van der Waals surface area (Å²) in [6, 6.07) is 15.3. The number of nitro groups is 1. The van der Waals surface area contributed by atoms with Crippen LogP contribution in [0.1, 0.15) is 43.6 Å². The van der Waals surface area contributed by atoms with Crippen LogP contribution < -0.4 is 15.0 Å². The van der Waals surface area contributed by atoms with Crippen molar-refractivity contribution in [3.05, 3.63) is 102 Å². The van der Waals surface area contributed by atoms with Crippen LogP contribution in [0.5, 0.6) is 11.5 Å². The molecule has 0 aliphatic rings. The molecule has 3 aromatic carbocycles. The van der Waals surface area contributed by atoms with Gasteiger partial charge in [-0.05, 0) is 43.7 Å². The van der Waals surface area contributed by atoms with Crippen LogP contribution in [-0.2, 0) is 13.0 Å². The zero-order valence-corrected chi connectivity index (χ0v) is 23.7. The molecule has 4 rings (SSSR count). The van der Waals surface area contributed by atoms with E-state index in [-0.39, 0.29) is 36.0 Å². The van der Waals surface area contributed by atoms with E-state index in [1.807, 2.05) is 13.0 Å². The topological polar surface area (TPSA) is 109 Å². The van der Waals surface area contributed by atoms with Gasteiger partial charge in [0.2, 0.25) is 5.75 Å². The normalized spacial score (nSPS) is 11.3. The fourth-order valence-electron chi connectivity index (χ4n) is 3.93. The molecule has 4 aromatic rings. The third-order valence-corrected chi connectivity index (χ3v) is 6.70. The molecule has 0 unspecified atom stereocenters. The molecule has 1 heterocycles. The lowest BCUT2D eigenvalue weighted by molar-refractivity contribution is -0.386. The highest BCUT2D eigenvalue weighted by Crippen LogP contribution is 2.39. The van der Waals surface area contributed by atoms with Gasteiger partial charge in [0, 0.05) is 33.1 Å². The Hall–Kier alpha value is -3.76. The number of nitrogens with zero attached hydrogens (tertiary/aromatic N) is 4. The van der Waals surface area contributed by atoms with Gasteiger partial charge in [-0.2, -0.15) is 9.78 Å². The summed E-state index contributed by atoms with van der Waals surface area (Å²) in [6.45, 7) is 4.09. The van der Waals surface area contributed by atoms with Crippen LogP contribution in [0.4, 0.5) is 5.69 Å². The molecule has 0 fully saturated rings. The van der Waals surface area contributed by atoms with Crippen molar-refractivity contribution >= 4 is 50.3 Å². The lowest BCUT2D eigenvalue weighted by Gasteiger charge is -2.14. The molecule has 0 N–H and O–H groups in total. The SMILES string of the molecule is CCCCc1nc2ccc(Br)cc2c(=O)n1N=Cc1cc(OCC)c(OCc2ccccc2Cl)c([N+](=O)[O-])c1. The van der Waals surface area contributed by atoms with Crippen molar-refractivity contribution in [2.45, 2.75) is 39.7 Å². The Bertz CT molecular complexity index is 1610. The highest BCUT2D eigenvalue weighted by molar-refractivity contribution is 9.10. The molecule has 1 aromatic heterocycles. The maximum atomic E-state index is 13.4. The van der Waals surface area contributed by atoms with Gasteiger partial charge in [-0.15, -0.1) is 0 Å². The molecule has 0 spiro atoms. The van der Waals surface area contributed by atoms with Gasteiger partial charge in [-0.3, -0.25) is 14.9 Å². The van der Waals surface area contributed by atoms with Gasteiger partial charge in [0.05, 0.1) is 28.6 Å².